The molecule has 0 saturated carbocycles. The number of likely N-dealkylation sites (N-methyl/N-ethyl adjacent to an activating group) is 1. The summed E-state index contributed by atoms with van der Waals surface area (Å²) in [6.07, 6.45) is 3.81. The van der Waals surface area contributed by atoms with Crippen molar-refractivity contribution < 1.29 is 4.79 Å². The Bertz CT molecular complexity index is 1480. The molecule has 0 spiro atoms. The standard InChI is InChI=1S/C27H28ClN7O2/c1-33-12-14-34(15-13-33)11-10-18-2-6-20(7-3-18)31-27-30-16-22-24(36)23(25(29)37)17-35(26(22)32-27)21-8-4-19(28)5-9-21/h2-9,16-17H,10-15H2,1H3,(H2,29,37)(H,30,31,32). The minimum Gasteiger partial charge on any atom is -0.365 e. The zero-order valence-corrected chi connectivity index (χ0v) is 21.3. The molecular weight excluding hydrogens is 490 g/mol. The smallest absolute Gasteiger partial charge is 0.254 e. The number of anilines is 2. The maximum absolute atomic E-state index is 12.9. The molecule has 4 aromatic rings. The second kappa shape index (κ2) is 10.7. The molecule has 3 N–H and O–H groups in total. The van der Waals surface area contributed by atoms with E-state index in [0.717, 1.165) is 44.8 Å². The van der Waals surface area contributed by atoms with Gasteiger partial charge in [-0.2, -0.15) is 4.98 Å². The molecule has 1 fully saturated rings. The van der Waals surface area contributed by atoms with Crippen LogP contribution in [0.25, 0.3) is 16.7 Å². The number of halogens is 1. The Morgan fingerprint density at radius 3 is 2.43 bits per heavy atom. The van der Waals surface area contributed by atoms with Gasteiger partial charge in [0.2, 0.25) is 11.4 Å². The Morgan fingerprint density at radius 2 is 1.76 bits per heavy atom. The number of hydrogen-bond acceptors (Lipinski definition) is 7. The highest BCUT2D eigenvalue weighted by Gasteiger charge is 2.17. The maximum Gasteiger partial charge on any atom is 0.254 e. The van der Waals surface area contributed by atoms with Gasteiger partial charge in [-0.15, -0.1) is 0 Å². The molecule has 1 saturated heterocycles. The lowest BCUT2D eigenvalue weighted by atomic mass is 10.1. The van der Waals surface area contributed by atoms with Crippen LogP contribution < -0.4 is 16.5 Å². The minimum absolute atomic E-state index is 0.140. The van der Waals surface area contributed by atoms with Gasteiger partial charge in [-0.3, -0.25) is 9.59 Å². The second-order valence-corrected chi connectivity index (χ2v) is 9.67. The van der Waals surface area contributed by atoms with Crippen LogP contribution in [0.1, 0.15) is 15.9 Å². The fraction of sp³-hybridized carbons (Fsp3) is 0.259. The number of hydrogen-bond donors (Lipinski definition) is 2. The van der Waals surface area contributed by atoms with Crippen molar-refractivity contribution in [2.45, 2.75) is 6.42 Å². The van der Waals surface area contributed by atoms with E-state index in [9.17, 15) is 9.59 Å². The molecule has 1 amide bonds. The lowest BCUT2D eigenvalue weighted by Gasteiger charge is -2.32. The van der Waals surface area contributed by atoms with Crippen LogP contribution in [0, 0.1) is 0 Å². The number of fused-ring (bicyclic) bond motifs is 1. The van der Waals surface area contributed by atoms with Crippen molar-refractivity contribution in [3.63, 3.8) is 0 Å². The van der Waals surface area contributed by atoms with Gasteiger partial charge in [-0.1, -0.05) is 23.7 Å². The Balaban J connectivity index is 1.38. The minimum atomic E-state index is -0.815. The van der Waals surface area contributed by atoms with Gasteiger partial charge in [0.25, 0.3) is 5.91 Å². The fourth-order valence-electron chi connectivity index (χ4n) is 4.39. The number of amides is 1. The largest absolute Gasteiger partial charge is 0.365 e. The van der Waals surface area contributed by atoms with Gasteiger partial charge >= 0.3 is 0 Å². The highest BCUT2D eigenvalue weighted by molar-refractivity contribution is 6.30. The Hall–Kier alpha value is -3.79. The van der Waals surface area contributed by atoms with Crippen LogP contribution in [0.3, 0.4) is 0 Å². The fourth-order valence-corrected chi connectivity index (χ4v) is 4.51. The first-order valence-corrected chi connectivity index (χ1v) is 12.5. The summed E-state index contributed by atoms with van der Waals surface area (Å²) in [6, 6.07) is 15.2. The summed E-state index contributed by atoms with van der Waals surface area (Å²) in [5, 5.41) is 3.97. The molecule has 0 atom stereocenters. The molecule has 0 radical (unpaired) electrons. The second-order valence-electron chi connectivity index (χ2n) is 9.23. The number of nitrogens with two attached hydrogens (primary N) is 1. The SMILES string of the molecule is CN1CCN(CCc2ccc(Nc3ncc4c(=O)c(C(N)=O)cn(-c5ccc(Cl)cc5)c4n3)cc2)CC1. The molecule has 1 aliphatic heterocycles. The van der Waals surface area contributed by atoms with E-state index in [-0.39, 0.29) is 10.9 Å². The first kappa shape index (κ1) is 24.9. The summed E-state index contributed by atoms with van der Waals surface area (Å²) in [5.41, 5.74) is 7.92. The number of carbonyl (C=O) groups is 1. The third-order valence-corrected chi connectivity index (χ3v) is 6.89. The summed E-state index contributed by atoms with van der Waals surface area (Å²) in [6.45, 7) is 5.49. The molecule has 9 nitrogen and oxygen atoms in total. The summed E-state index contributed by atoms with van der Waals surface area (Å²) >= 11 is 6.04. The number of pyridine rings is 1. The molecule has 3 heterocycles. The molecule has 0 aliphatic carbocycles. The van der Waals surface area contributed by atoms with Crippen molar-refractivity contribution in [2.24, 2.45) is 5.73 Å². The normalized spacial score (nSPS) is 14.6. The highest BCUT2D eigenvalue weighted by Crippen LogP contribution is 2.21. The van der Waals surface area contributed by atoms with Crippen molar-refractivity contribution in [1.29, 1.82) is 0 Å². The van der Waals surface area contributed by atoms with Crippen LogP contribution in [-0.4, -0.2) is 70.0 Å². The molecule has 5 rings (SSSR count). The molecule has 0 bridgehead atoms. The summed E-state index contributed by atoms with van der Waals surface area (Å²) in [4.78, 5) is 38.6. The van der Waals surface area contributed by atoms with Crippen molar-refractivity contribution in [3.05, 3.63) is 87.3 Å². The van der Waals surface area contributed by atoms with Crippen molar-refractivity contribution in [2.75, 3.05) is 45.1 Å². The third kappa shape index (κ3) is 5.64. The zero-order chi connectivity index (χ0) is 25.9. The van der Waals surface area contributed by atoms with Crippen LogP contribution in [-0.2, 0) is 6.42 Å². The van der Waals surface area contributed by atoms with Crippen LogP contribution in [0.5, 0.6) is 0 Å². The molecule has 37 heavy (non-hydrogen) atoms. The molecule has 2 aromatic heterocycles. The zero-order valence-electron chi connectivity index (χ0n) is 20.5. The lowest BCUT2D eigenvalue weighted by Crippen LogP contribution is -2.45. The van der Waals surface area contributed by atoms with Crippen LogP contribution >= 0.6 is 11.6 Å². The van der Waals surface area contributed by atoms with E-state index in [4.69, 9.17) is 17.3 Å². The van der Waals surface area contributed by atoms with E-state index in [2.05, 4.69) is 44.3 Å². The number of primary amides is 1. The van der Waals surface area contributed by atoms with Crippen LogP contribution in [0.4, 0.5) is 11.6 Å². The molecular formula is C27H28ClN7O2. The Morgan fingerprint density at radius 1 is 1.05 bits per heavy atom. The van der Waals surface area contributed by atoms with E-state index >= 15 is 0 Å². The van der Waals surface area contributed by atoms with E-state index in [1.165, 1.54) is 18.0 Å². The van der Waals surface area contributed by atoms with Gasteiger partial charge in [0, 0.05) is 61.5 Å². The molecule has 190 valence electrons. The molecule has 1 aliphatic rings. The summed E-state index contributed by atoms with van der Waals surface area (Å²) in [7, 11) is 2.16. The van der Waals surface area contributed by atoms with Gasteiger partial charge in [0.05, 0.1) is 5.39 Å². The van der Waals surface area contributed by atoms with E-state index in [1.807, 2.05) is 12.1 Å². The number of rotatable bonds is 7. The quantitative estimate of drug-likeness (QED) is 0.387. The molecule has 0 unspecified atom stereocenters. The van der Waals surface area contributed by atoms with Gasteiger partial charge in [0.1, 0.15) is 5.56 Å². The number of nitrogens with one attached hydrogen (secondary N) is 1. The maximum atomic E-state index is 12.9. The van der Waals surface area contributed by atoms with Gasteiger partial charge in [0.15, 0.2) is 5.65 Å². The van der Waals surface area contributed by atoms with Crippen LogP contribution in [0.2, 0.25) is 5.02 Å². The Labute approximate surface area is 219 Å². The van der Waals surface area contributed by atoms with Crippen molar-refractivity contribution >= 4 is 40.2 Å². The predicted molar refractivity (Wildman–Crippen MR) is 146 cm³/mol. The predicted octanol–water partition coefficient (Wildman–Crippen LogP) is 3.07. The monoisotopic (exact) mass is 517 g/mol. The van der Waals surface area contributed by atoms with Gasteiger partial charge < -0.3 is 25.4 Å². The van der Waals surface area contributed by atoms with Gasteiger partial charge in [-0.05, 0) is 55.4 Å². The van der Waals surface area contributed by atoms with Crippen molar-refractivity contribution in [1.82, 2.24) is 24.3 Å². The first-order chi connectivity index (χ1) is 17.9. The topological polar surface area (TPSA) is 109 Å². The number of piperazine rings is 1. The Kier molecular flexibility index (Phi) is 7.18. The van der Waals surface area contributed by atoms with Gasteiger partial charge in [-0.25, -0.2) is 4.98 Å². The van der Waals surface area contributed by atoms with Crippen LogP contribution in [0.15, 0.2) is 65.7 Å². The van der Waals surface area contributed by atoms with E-state index in [0.29, 0.717) is 22.3 Å². The molecule has 2 aromatic carbocycles. The highest BCUT2D eigenvalue weighted by atomic mass is 35.5. The number of nitrogens with zero attached hydrogens (tertiary/aromatic N) is 5. The third-order valence-electron chi connectivity index (χ3n) is 6.64. The number of benzene rings is 2. The average molecular weight is 518 g/mol. The lowest BCUT2D eigenvalue weighted by molar-refractivity contribution is 0.0999. The number of carbonyl (C=O) groups excluding carboxylic acids is 1. The average Bonchev–Trinajstić information content (AvgIpc) is 2.90. The van der Waals surface area contributed by atoms with E-state index in [1.54, 1.807) is 28.8 Å². The summed E-state index contributed by atoms with van der Waals surface area (Å²) < 4.78 is 1.64. The molecule has 10 heteroatoms. The first-order valence-electron chi connectivity index (χ1n) is 12.1. The summed E-state index contributed by atoms with van der Waals surface area (Å²) in [5.74, 6) is -0.490. The van der Waals surface area contributed by atoms with E-state index < -0.39 is 11.3 Å². The van der Waals surface area contributed by atoms with Crippen molar-refractivity contribution in [3.8, 4) is 5.69 Å². The number of aromatic nitrogens is 3.